The van der Waals surface area contributed by atoms with Crippen LogP contribution in [0, 0.1) is 5.82 Å². The molecule has 21 heavy (non-hydrogen) atoms. The molecule has 0 saturated carbocycles. The van der Waals surface area contributed by atoms with Gasteiger partial charge in [0.1, 0.15) is 11.5 Å². The molecule has 106 valence electrons. The first kappa shape index (κ1) is 14.1. The average Bonchev–Trinajstić information content (AvgIpc) is 2.81. The molecule has 3 rings (SSSR count). The minimum absolute atomic E-state index is 0.178. The second-order valence-corrected chi connectivity index (χ2v) is 5.64. The zero-order chi connectivity index (χ0) is 15.0. The van der Waals surface area contributed by atoms with E-state index in [2.05, 4.69) is 21.1 Å². The maximum absolute atomic E-state index is 13.2. The minimum atomic E-state index is -0.414. The predicted molar refractivity (Wildman–Crippen MR) is 84.5 cm³/mol. The van der Waals surface area contributed by atoms with Crippen LogP contribution in [0.5, 0.6) is 0 Å². The molecule has 1 aromatic heterocycles. The van der Waals surface area contributed by atoms with Crippen molar-refractivity contribution in [3.63, 3.8) is 0 Å². The number of rotatable bonds is 2. The second kappa shape index (κ2) is 5.50. The van der Waals surface area contributed by atoms with Crippen molar-refractivity contribution in [3.05, 3.63) is 57.8 Å². The third-order valence-corrected chi connectivity index (χ3v) is 4.05. The van der Waals surface area contributed by atoms with E-state index in [0.717, 1.165) is 10.0 Å². The molecule has 6 heteroatoms. The highest BCUT2D eigenvalue weighted by atomic mass is 79.9. The lowest BCUT2D eigenvalue weighted by molar-refractivity contribution is 0.439. The molecule has 2 aromatic carbocycles. The Morgan fingerprint density at radius 1 is 1.14 bits per heavy atom. The second-order valence-electron chi connectivity index (χ2n) is 4.37. The van der Waals surface area contributed by atoms with E-state index in [-0.39, 0.29) is 10.9 Å². The number of benzene rings is 2. The number of halogens is 3. The maximum atomic E-state index is 13.2. The Labute approximate surface area is 133 Å². The number of nitrogen functional groups attached to an aromatic ring is 1. The van der Waals surface area contributed by atoms with E-state index in [9.17, 15) is 4.39 Å². The topological polar surface area (TPSA) is 52.0 Å². The van der Waals surface area contributed by atoms with Crippen molar-refractivity contribution in [2.45, 2.75) is 0 Å². The summed E-state index contributed by atoms with van der Waals surface area (Å²) in [5.41, 5.74) is 8.38. The molecule has 0 fully saturated rings. The summed E-state index contributed by atoms with van der Waals surface area (Å²) in [7, 11) is 0. The Morgan fingerprint density at radius 2 is 1.90 bits per heavy atom. The number of hydrogen-bond acceptors (Lipinski definition) is 3. The Kier molecular flexibility index (Phi) is 3.69. The van der Waals surface area contributed by atoms with Crippen LogP contribution in [0.2, 0.25) is 5.02 Å². The van der Waals surface area contributed by atoms with Crippen molar-refractivity contribution in [3.8, 4) is 22.4 Å². The molecule has 0 amide bonds. The normalized spacial score (nSPS) is 10.8. The lowest BCUT2D eigenvalue weighted by atomic mass is 10.0. The van der Waals surface area contributed by atoms with E-state index in [1.165, 1.54) is 12.1 Å². The predicted octanol–water partition coefficient (Wildman–Crippen LogP) is 5.15. The molecular weight excluding hydrogens is 359 g/mol. The molecule has 3 nitrogen and oxygen atoms in total. The summed E-state index contributed by atoms with van der Waals surface area (Å²) in [4.78, 5) is 0. The summed E-state index contributed by atoms with van der Waals surface area (Å²) in [6.07, 6.45) is 0. The van der Waals surface area contributed by atoms with Crippen LogP contribution in [0.3, 0.4) is 0 Å². The molecule has 0 aliphatic carbocycles. The smallest absolute Gasteiger partial charge is 0.230 e. The molecule has 0 aliphatic heterocycles. The minimum Gasteiger partial charge on any atom is -0.367 e. The third kappa shape index (κ3) is 2.54. The van der Waals surface area contributed by atoms with Crippen LogP contribution in [0.1, 0.15) is 0 Å². The summed E-state index contributed by atoms with van der Waals surface area (Å²) in [5.74, 6) is -0.236. The van der Waals surface area contributed by atoms with Crippen LogP contribution in [0.25, 0.3) is 22.4 Å². The number of nitrogens with two attached hydrogens (primary N) is 1. The summed E-state index contributed by atoms with van der Waals surface area (Å²) in [6, 6.07) is 11.6. The van der Waals surface area contributed by atoms with Gasteiger partial charge in [0.25, 0.3) is 0 Å². The average molecular weight is 368 g/mol. The Hall–Kier alpha value is -1.85. The zero-order valence-corrected chi connectivity index (χ0v) is 13.0. The highest BCUT2D eigenvalue weighted by Crippen LogP contribution is 2.41. The van der Waals surface area contributed by atoms with E-state index in [4.69, 9.17) is 21.9 Å². The van der Waals surface area contributed by atoms with Crippen LogP contribution >= 0.6 is 27.5 Å². The molecule has 0 radical (unpaired) electrons. The number of aromatic nitrogens is 1. The zero-order valence-electron chi connectivity index (χ0n) is 10.6. The highest BCUT2D eigenvalue weighted by molar-refractivity contribution is 9.10. The Morgan fingerprint density at radius 3 is 2.62 bits per heavy atom. The molecule has 1 heterocycles. The fourth-order valence-corrected chi connectivity index (χ4v) is 2.83. The van der Waals surface area contributed by atoms with Crippen molar-refractivity contribution in [1.82, 2.24) is 5.16 Å². The van der Waals surface area contributed by atoms with Gasteiger partial charge in [0.2, 0.25) is 5.88 Å². The molecule has 2 N–H and O–H groups in total. The van der Waals surface area contributed by atoms with Crippen LogP contribution in [-0.2, 0) is 0 Å². The standard InChI is InChI=1S/C15H9BrClFN2O/c16-11-4-2-1-3-9(11)13-14(20-21-15(13)19)10-6-5-8(18)7-12(10)17/h1-7H,19H2. The molecule has 0 atom stereocenters. The van der Waals surface area contributed by atoms with E-state index in [1.54, 1.807) is 6.07 Å². The van der Waals surface area contributed by atoms with E-state index in [0.29, 0.717) is 16.8 Å². The van der Waals surface area contributed by atoms with Gasteiger partial charge in [-0.25, -0.2) is 4.39 Å². The quantitative estimate of drug-likeness (QED) is 0.682. The van der Waals surface area contributed by atoms with Crippen molar-refractivity contribution >= 4 is 33.4 Å². The van der Waals surface area contributed by atoms with Crippen molar-refractivity contribution < 1.29 is 8.91 Å². The van der Waals surface area contributed by atoms with Gasteiger partial charge in [-0.05, 0) is 24.3 Å². The molecule has 0 bridgehead atoms. The fourth-order valence-electron chi connectivity index (χ4n) is 2.09. The van der Waals surface area contributed by atoms with Gasteiger partial charge >= 0.3 is 0 Å². The first-order valence-electron chi connectivity index (χ1n) is 6.03. The molecule has 0 aliphatic rings. The molecule has 0 unspecified atom stereocenters. The number of anilines is 1. The van der Waals surface area contributed by atoms with Crippen LogP contribution < -0.4 is 5.73 Å². The molecule has 3 aromatic rings. The first-order valence-corrected chi connectivity index (χ1v) is 7.20. The maximum Gasteiger partial charge on any atom is 0.230 e. The molecule has 0 spiro atoms. The molecule has 0 saturated heterocycles. The first-order chi connectivity index (χ1) is 10.1. The Bertz CT molecular complexity index is 819. The van der Waals surface area contributed by atoms with Crippen molar-refractivity contribution in [2.75, 3.05) is 5.73 Å². The summed E-state index contributed by atoms with van der Waals surface area (Å²) < 4.78 is 19.1. The van der Waals surface area contributed by atoms with Crippen molar-refractivity contribution in [1.29, 1.82) is 0 Å². The van der Waals surface area contributed by atoms with Gasteiger partial charge in [-0.3, -0.25) is 0 Å². The SMILES string of the molecule is Nc1onc(-c2ccc(F)cc2Cl)c1-c1ccccc1Br. The van der Waals surface area contributed by atoms with Crippen LogP contribution in [-0.4, -0.2) is 5.16 Å². The van der Waals surface area contributed by atoms with E-state index >= 15 is 0 Å². The highest BCUT2D eigenvalue weighted by Gasteiger charge is 2.21. The Balaban J connectivity index is 2.25. The van der Waals surface area contributed by atoms with E-state index < -0.39 is 5.82 Å². The van der Waals surface area contributed by atoms with Crippen molar-refractivity contribution in [2.24, 2.45) is 0 Å². The molecular formula is C15H9BrClFN2O. The third-order valence-electron chi connectivity index (χ3n) is 3.05. The van der Waals surface area contributed by atoms with Gasteiger partial charge in [0.15, 0.2) is 0 Å². The summed E-state index contributed by atoms with van der Waals surface area (Å²) in [5, 5.41) is 4.21. The van der Waals surface area contributed by atoms with E-state index in [1.807, 2.05) is 24.3 Å². The summed E-state index contributed by atoms with van der Waals surface area (Å²) in [6.45, 7) is 0. The van der Waals surface area contributed by atoms with Crippen LogP contribution in [0.4, 0.5) is 10.3 Å². The summed E-state index contributed by atoms with van der Waals surface area (Å²) >= 11 is 9.57. The lowest BCUT2D eigenvalue weighted by Crippen LogP contribution is -1.89. The fraction of sp³-hybridized carbons (Fsp3) is 0. The lowest BCUT2D eigenvalue weighted by Gasteiger charge is -2.06. The van der Waals surface area contributed by atoms with Crippen LogP contribution in [0.15, 0.2) is 51.5 Å². The van der Waals surface area contributed by atoms with Gasteiger partial charge in [-0.1, -0.05) is 50.9 Å². The largest absolute Gasteiger partial charge is 0.367 e. The van der Waals surface area contributed by atoms with Gasteiger partial charge < -0.3 is 10.3 Å². The van der Waals surface area contributed by atoms with Gasteiger partial charge in [-0.2, -0.15) is 0 Å². The number of hydrogen-bond donors (Lipinski definition) is 1. The van der Waals surface area contributed by atoms with Gasteiger partial charge in [-0.15, -0.1) is 0 Å². The van der Waals surface area contributed by atoms with Gasteiger partial charge in [0, 0.05) is 15.6 Å². The monoisotopic (exact) mass is 366 g/mol. The van der Waals surface area contributed by atoms with Gasteiger partial charge in [0.05, 0.1) is 10.6 Å². The number of nitrogens with zero attached hydrogens (tertiary/aromatic N) is 1.